The molecule has 0 radical (unpaired) electrons. The first-order valence-corrected chi connectivity index (χ1v) is 7.69. The molecule has 1 saturated heterocycles. The molecule has 1 fully saturated rings. The summed E-state index contributed by atoms with van der Waals surface area (Å²) in [6.45, 7) is 0.755. The van der Waals surface area contributed by atoms with Crippen LogP contribution in [0.15, 0.2) is 32.7 Å². The minimum Gasteiger partial charge on any atom is -0.452 e. The second kappa shape index (κ2) is 4.91. The fourth-order valence-corrected chi connectivity index (χ4v) is 3.76. The predicted octanol–water partition coefficient (Wildman–Crippen LogP) is 0.259. The predicted molar refractivity (Wildman–Crippen MR) is 68.7 cm³/mol. The summed E-state index contributed by atoms with van der Waals surface area (Å²) in [5.74, 6) is 0.655. The van der Waals surface area contributed by atoms with E-state index in [1.54, 1.807) is 6.07 Å². The largest absolute Gasteiger partial charge is 0.452 e. The highest BCUT2D eigenvalue weighted by molar-refractivity contribution is 7.89. The summed E-state index contributed by atoms with van der Waals surface area (Å²) in [6.07, 6.45) is 2.57. The molecule has 2 N–H and O–H groups in total. The second-order valence-corrected chi connectivity index (χ2v) is 6.54. The molecule has 0 unspecified atom stereocenters. The van der Waals surface area contributed by atoms with Gasteiger partial charge in [0.15, 0.2) is 0 Å². The standard InChI is InChI=1S/C11H14N4O4S/c16-11-12-10(13-14-11)8-3-5-15(6-4-8)20(17,18)9-2-1-7-19-9/h1-2,7-8H,3-6H2,(H2,12,13,14,16). The lowest BCUT2D eigenvalue weighted by molar-refractivity contribution is 0.304. The molecule has 2 aromatic heterocycles. The number of aromatic nitrogens is 3. The first kappa shape index (κ1) is 13.1. The van der Waals surface area contributed by atoms with Gasteiger partial charge in [-0.05, 0) is 25.0 Å². The summed E-state index contributed by atoms with van der Waals surface area (Å²) >= 11 is 0. The molecule has 20 heavy (non-hydrogen) atoms. The lowest BCUT2D eigenvalue weighted by Gasteiger charge is -2.29. The Bertz CT molecular complexity index is 723. The van der Waals surface area contributed by atoms with Gasteiger partial charge >= 0.3 is 5.69 Å². The van der Waals surface area contributed by atoms with E-state index in [4.69, 9.17) is 4.42 Å². The zero-order valence-electron chi connectivity index (χ0n) is 10.6. The number of hydrogen-bond acceptors (Lipinski definition) is 5. The van der Waals surface area contributed by atoms with E-state index in [0.29, 0.717) is 31.8 Å². The summed E-state index contributed by atoms with van der Waals surface area (Å²) in [7, 11) is -3.55. The van der Waals surface area contributed by atoms with E-state index < -0.39 is 10.0 Å². The van der Waals surface area contributed by atoms with Crippen LogP contribution in [0.4, 0.5) is 0 Å². The molecule has 108 valence electrons. The van der Waals surface area contributed by atoms with Crippen LogP contribution in [-0.2, 0) is 10.0 Å². The van der Waals surface area contributed by atoms with Gasteiger partial charge in [0.1, 0.15) is 5.82 Å². The Hall–Kier alpha value is -1.87. The maximum absolute atomic E-state index is 12.2. The van der Waals surface area contributed by atoms with Crippen LogP contribution in [0, 0.1) is 0 Å². The molecule has 9 heteroatoms. The monoisotopic (exact) mass is 298 g/mol. The quantitative estimate of drug-likeness (QED) is 0.844. The number of sulfonamides is 1. The van der Waals surface area contributed by atoms with Crippen molar-refractivity contribution in [3.63, 3.8) is 0 Å². The van der Waals surface area contributed by atoms with Crippen molar-refractivity contribution >= 4 is 10.0 Å². The Morgan fingerprint density at radius 1 is 1.35 bits per heavy atom. The Labute approximate surface area is 114 Å². The average Bonchev–Trinajstić information content (AvgIpc) is 3.10. The maximum atomic E-state index is 12.2. The van der Waals surface area contributed by atoms with Crippen LogP contribution < -0.4 is 5.69 Å². The average molecular weight is 298 g/mol. The van der Waals surface area contributed by atoms with Gasteiger partial charge in [-0.2, -0.15) is 9.40 Å². The Kier molecular flexibility index (Phi) is 3.22. The lowest BCUT2D eigenvalue weighted by atomic mass is 9.98. The molecule has 0 aromatic carbocycles. The van der Waals surface area contributed by atoms with Gasteiger partial charge in [0.25, 0.3) is 10.0 Å². The highest BCUT2D eigenvalue weighted by atomic mass is 32.2. The molecule has 0 atom stereocenters. The molecule has 0 bridgehead atoms. The molecule has 2 aromatic rings. The van der Waals surface area contributed by atoms with E-state index in [1.165, 1.54) is 16.6 Å². The van der Waals surface area contributed by atoms with Crippen LogP contribution in [0.25, 0.3) is 0 Å². The highest BCUT2D eigenvalue weighted by Crippen LogP contribution is 2.28. The maximum Gasteiger partial charge on any atom is 0.340 e. The van der Waals surface area contributed by atoms with Crippen LogP contribution in [-0.4, -0.2) is 41.0 Å². The molecule has 0 aliphatic carbocycles. The van der Waals surface area contributed by atoms with Crippen LogP contribution in [0.1, 0.15) is 24.6 Å². The van der Waals surface area contributed by atoms with E-state index in [1.807, 2.05) is 0 Å². The van der Waals surface area contributed by atoms with Crippen molar-refractivity contribution in [2.24, 2.45) is 0 Å². The zero-order chi connectivity index (χ0) is 14.2. The molecule has 3 rings (SSSR count). The number of nitrogens with zero attached hydrogens (tertiary/aromatic N) is 2. The SMILES string of the molecule is O=c1[nH]nc(C2CCN(S(=O)(=O)c3ccco3)CC2)[nH]1. The van der Waals surface area contributed by atoms with Gasteiger partial charge in [-0.3, -0.25) is 4.98 Å². The van der Waals surface area contributed by atoms with E-state index in [2.05, 4.69) is 15.2 Å². The van der Waals surface area contributed by atoms with Gasteiger partial charge in [0.05, 0.1) is 6.26 Å². The lowest BCUT2D eigenvalue weighted by Crippen LogP contribution is -2.38. The summed E-state index contributed by atoms with van der Waals surface area (Å²) < 4.78 is 30.9. The molecule has 0 saturated carbocycles. The van der Waals surface area contributed by atoms with Gasteiger partial charge < -0.3 is 4.42 Å². The molecule has 1 aliphatic rings. The summed E-state index contributed by atoms with van der Waals surface area (Å²) in [5.41, 5.74) is -0.342. The first-order chi connectivity index (χ1) is 9.57. The van der Waals surface area contributed by atoms with E-state index >= 15 is 0 Å². The van der Waals surface area contributed by atoms with Gasteiger partial charge in [0.2, 0.25) is 5.09 Å². The van der Waals surface area contributed by atoms with E-state index in [9.17, 15) is 13.2 Å². The Morgan fingerprint density at radius 2 is 2.10 bits per heavy atom. The normalized spacial score (nSPS) is 18.4. The van der Waals surface area contributed by atoms with Crippen LogP contribution in [0.5, 0.6) is 0 Å². The van der Waals surface area contributed by atoms with Gasteiger partial charge in [-0.25, -0.2) is 18.3 Å². The molecule has 8 nitrogen and oxygen atoms in total. The number of hydrogen-bond donors (Lipinski definition) is 2. The summed E-state index contributed by atoms with van der Waals surface area (Å²) in [6, 6.07) is 2.99. The van der Waals surface area contributed by atoms with Crippen molar-refractivity contribution in [2.45, 2.75) is 23.9 Å². The van der Waals surface area contributed by atoms with Crippen molar-refractivity contribution in [1.29, 1.82) is 0 Å². The number of furan rings is 1. The topological polar surface area (TPSA) is 112 Å². The van der Waals surface area contributed by atoms with Crippen molar-refractivity contribution in [3.8, 4) is 0 Å². The third-order valence-corrected chi connectivity index (χ3v) is 5.24. The highest BCUT2D eigenvalue weighted by Gasteiger charge is 2.32. The fraction of sp³-hybridized carbons (Fsp3) is 0.455. The molecular formula is C11H14N4O4S. The first-order valence-electron chi connectivity index (χ1n) is 6.25. The minimum atomic E-state index is -3.55. The van der Waals surface area contributed by atoms with Crippen molar-refractivity contribution in [2.75, 3.05) is 13.1 Å². The fourth-order valence-electron chi connectivity index (χ4n) is 2.38. The molecule has 0 spiro atoms. The van der Waals surface area contributed by atoms with Gasteiger partial charge in [-0.1, -0.05) is 0 Å². The molecule has 1 aliphatic heterocycles. The number of piperidine rings is 1. The summed E-state index contributed by atoms with van der Waals surface area (Å²) in [4.78, 5) is 13.6. The third kappa shape index (κ3) is 2.29. The number of H-pyrrole nitrogens is 2. The van der Waals surface area contributed by atoms with Gasteiger partial charge in [-0.15, -0.1) is 0 Å². The Balaban J connectivity index is 1.71. The number of rotatable bonds is 3. The van der Waals surface area contributed by atoms with E-state index in [-0.39, 0.29) is 16.7 Å². The van der Waals surface area contributed by atoms with Crippen LogP contribution >= 0.6 is 0 Å². The number of aromatic amines is 2. The van der Waals surface area contributed by atoms with E-state index in [0.717, 1.165) is 0 Å². The van der Waals surface area contributed by atoms with Crippen LogP contribution in [0.2, 0.25) is 0 Å². The smallest absolute Gasteiger partial charge is 0.340 e. The molecule has 0 amide bonds. The van der Waals surface area contributed by atoms with Crippen LogP contribution in [0.3, 0.4) is 0 Å². The second-order valence-electron chi connectivity index (χ2n) is 4.67. The number of nitrogens with one attached hydrogen (secondary N) is 2. The summed E-state index contributed by atoms with van der Waals surface area (Å²) in [5, 5.41) is 6.18. The van der Waals surface area contributed by atoms with Crippen molar-refractivity contribution < 1.29 is 12.8 Å². The zero-order valence-corrected chi connectivity index (χ0v) is 11.4. The molecule has 3 heterocycles. The minimum absolute atomic E-state index is 0.0378. The molecular weight excluding hydrogens is 284 g/mol. The third-order valence-electron chi connectivity index (χ3n) is 3.45. The van der Waals surface area contributed by atoms with Crippen molar-refractivity contribution in [3.05, 3.63) is 34.7 Å². The van der Waals surface area contributed by atoms with Crippen molar-refractivity contribution in [1.82, 2.24) is 19.5 Å². The van der Waals surface area contributed by atoms with Gasteiger partial charge in [0, 0.05) is 19.0 Å². The Morgan fingerprint density at radius 3 is 2.65 bits per heavy atom.